The van der Waals surface area contributed by atoms with Gasteiger partial charge in [-0.3, -0.25) is 4.79 Å². The Morgan fingerprint density at radius 1 is 1.07 bits per heavy atom. The first-order valence-electron chi connectivity index (χ1n) is 8.53. The van der Waals surface area contributed by atoms with E-state index in [1.54, 1.807) is 11.6 Å². The van der Waals surface area contributed by atoms with Crippen molar-refractivity contribution >= 4 is 23.1 Å². The van der Waals surface area contributed by atoms with Gasteiger partial charge in [-0.25, -0.2) is 9.67 Å². The molecule has 4 rings (SSSR count). The van der Waals surface area contributed by atoms with Crippen LogP contribution in [0.3, 0.4) is 0 Å². The number of hydrogen-bond acceptors (Lipinski definition) is 3. The summed E-state index contributed by atoms with van der Waals surface area (Å²) in [6, 6.07) is 14.0. The van der Waals surface area contributed by atoms with Crippen LogP contribution in [-0.2, 0) is 11.0 Å². The Kier molecular flexibility index (Phi) is 4.26. The Labute approximate surface area is 158 Å². The fourth-order valence-corrected chi connectivity index (χ4v) is 3.06. The predicted molar refractivity (Wildman–Crippen MR) is 99.2 cm³/mol. The molecule has 3 aromatic rings. The molecular formula is C20H15F3N4O. The SMILES string of the molecule is Cc1nn(-c2ccccc2)c2c1NC(=O)CC(c1cccc(C(F)(F)F)c1)=N2. The summed E-state index contributed by atoms with van der Waals surface area (Å²) in [4.78, 5) is 16.9. The molecule has 1 aromatic heterocycles. The molecule has 0 spiro atoms. The molecule has 0 saturated heterocycles. The van der Waals surface area contributed by atoms with Crippen molar-refractivity contribution in [2.75, 3.05) is 5.32 Å². The first-order chi connectivity index (χ1) is 13.3. The van der Waals surface area contributed by atoms with Crippen LogP contribution >= 0.6 is 0 Å². The maximum atomic E-state index is 13.1. The summed E-state index contributed by atoms with van der Waals surface area (Å²) in [6.45, 7) is 1.74. The molecule has 2 heterocycles. The van der Waals surface area contributed by atoms with Crippen molar-refractivity contribution in [1.29, 1.82) is 0 Å². The third-order valence-corrected chi connectivity index (χ3v) is 4.39. The number of aryl methyl sites for hydroxylation is 1. The lowest BCUT2D eigenvalue weighted by molar-refractivity contribution is -0.137. The van der Waals surface area contributed by atoms with Crippen molar-refractivity contribution in [2.24, 2.45) is 4.99 Å². The summed E-state index contributed by atoms with van der Waals surface area (Å²) in [5, 5.41) is 7.20. The van der Waals surface area contributed by atoms with Crippen molar-refractivity contribution < 1.29 is 18.0 Å². The smallest absolute Gasteiger partial charge is 0.321 e. The number of fused-ring (bicyclic) bond motifs is 1. The highest BCUT2D eigenvalue weighted by atomic mass is 19.4. The maximum absolute atomic E-state index is 13.1. The number of nitrogens with one attached hydrogen (secondary N) is 1. The second kappa shape index (κ2) is 6.63. The van der Waals surface area contributed by atoms with Gasteiger partial charge in [0.05, 0.1) is 29.1 Å². The van der Waals surface area contributed by atoms with E-state index in [4.69, 9.17) is 0 Å². The highest BCUT2D eigenvalue weighted by Crippen LogP contribution is 2.35. The van der Waals surface area contributed by atoms with Gasteiger partial charge in [0.25, 0.3) is 0 Å². The number of rotatable bonds is 2. The Bertz CT molecular complexity index is 1080. The first kappa shape index (κ1) is 18.0. The molecule has 2 aromatic carbocycles. The lowest BCUT2D eigenvalue weighted by Crippen LogP contribution is -2.16. The minimum atomic E-state index is -4.48. The van der Waals surface area contributed by atoms with Crippen LogP contribution in [0.4, 0.5) is 24.7 Å². The second-order valence-electron chi connectivity index (χ2n) is 6.39. The average Bonchev–Trinajstić information content (AvgIpc) is 2.86. The zero-order chi connectivity index (χ0) is 19.9. The summed E-state index contributed by atoms with van der Waals surface area (Å²) in [5.41, 5.74) is 1.47. The molecule has 0 radical (unpaired) electrons. The maximum Gasteiger partial charge on any atom is 0.416 e. The Balaban J connectivity index is 1.88. The number of alkyl halides is 3. The highest BCUT2D eigenvalue weighted by Gasteiger charge is 2.31. The average molecular weight is 384 g/mol. The molecule has 0 aliphatic carbocycles. The van der Waals surface area contributed by atoms with E-state index in [2.05, 4.69) is 15.4 Å². The quantitative estimate of drug-likeness (QED) is 0.698. The number of amides is 1. The normalized spacial score (nSPS) is 14.1. The van der Waals surface area contributed by atoms with Gasteiger partial charge in [0.15, 0.2) is 5.82 Å². The molecule has 1 aliphatic heterocycles. The number of halogens is 3. The molecule has 0 atom stereocenters. The molecule has 0 bridgehead atoms. The van der Waals surface area contributed by atoms with Gasteiger partial charge >= 0.3 is 6.18 Å². The molecule has 0 unspecified atom stereocenters. The fourth-order valence-electron chi connectivity index (χ4n) is 3.06. The third-order valence-electron chi connectivity index (χ3n) is 4.39. The van der Waals surface area contributed by atoms with Crippen LogP contribution in [0, 0.1) is 6.92 Å². The topological polar surface area (TPSA) is 59.3 Å². The number of para-hydroxylation sites is 1. The van der Waals surface area contributed by atoms with E-state index < -0.39 is 11.7 Å². The van der Waals surface area contributed by atoms with E-state index in [9.17, 15) is 18.0 Å². The number of carbonyl (C=O) groups is 1. The largest absolute Gasteiger partial charge is 0.416 e. The van der Waals surface area contributed by atoms with Crippen LogP contribution < -0.4 is 5.32 Å². The predicted octanol–water partition coefficient (Wildman–Crippen LogP) is 4.66. The summed E-state index contributed by atoms with van der Waals surface area (Å²) in [7, 11) is 0. The fraction of sp³-hybridized carbons (Fsp3) is 0.150. The number of anilines is 1. The van der Waals surface area contributed by atoms with Crippen LogP contribution in [0.1, 0.15) is 23.2 Å². The Morgan fingerprint density at radius 2 is 1.82 bits per heavy atom. The summed E-state index contributed by atoms with van der Waals surface area (Å²) < 4.78 is 40.8. The summed E-state index contributed by atoms with van der Waals surface area (Å²) in [6.07, 6.45) is -4.61. The monoisotopic (exact) mass is 384 g/mol. The minimum Gasteiger partial charge on any atom is -0.321 e. The number of hydrogen-bond donors (Lipinski definition) is 1. The van der Waals surface area contributed by atoms with Gasteiger partial charge in [-0.1, -0.05) is 30.3 Å². The molecular weight excluding hydrogens is 369 g/mol. The van der Waals surface area contributed by atoms with Gasteiger partial charge in [-0.2, -0.15) is 18.3 Å². The number of benzene rings is 2. The lowest BCUT2D eigenvalue weighted by atomic mass is 10.0. The molecule has 1 N–H and O–H groups in total. The number of nitrogens with zero attached hydrogens (tertiary/aromatic N) is 3. The van der Waals surface area contributed by atoms with Crippen LogP contribution in [-0.4, -0.2) is 21.4 Å². The van der Waals surface area contributed by atoms with E-state index in [1.807, 2.05) is 30.3 Å². The number of aromatic nitrogens is 2. The van der Waals surface area contributed by atoms with Crippen LogP contribution in [0.2, 0.25) is 0 Å². The van der Waals surface area contributed by atoms with E-state index in [0.717, 1.165) is 17.8 Å². The third kappa shape index (κ3) is 3.28. The molecule has 8 heteroatoms. The molecule has 0 saturated carbocycles. The van der Waals surface area contributed by atoms with E-state index >= 15 is 0 Å². The molecule has 142 valence electrons. The standard InChI is InChI=1S/C20H15F3N4O/c1-12-18-19(27(26-12)15-8-3-2-4-9-15)24-16(11-17(28)25-18)13-6-5-7-14(10-13)20(21,22)23/h2-10H,11H2,1H3,(H,25,28). The van der Waals surface area contributed by atoms with E-state index in [-0.39, 0.29) is 23.6 Å². The van der Waals surface area contributed by atoms with Crippen molar-refractivity contribution in [1.82, 2.24) is 9.78 Å². The first-order valence-corrected chi connectivity index (χ1v) is 8.53. The van der Waals surface area contributed by atoms with Gasteiger partial charge in [0, 0.05) is 0 Å². The van der Waals surface area contributed by atoms with Crippen molar-refractivity contribution in [3.8, 4) is 5.69 Å². The van der Waals surface area contributed by atoms with Crippen LogP contribution in [0.15, 0.2) is 59.6 Å². The number of aliphatic imine (C=N–C) groups is 1. The van der Waals surface area contributed by atoms with Gasteiger partial charge < -0.3 is 5.32 Å². The molecule has 5 nitrogen and oxygen atoms in total. The highest BCUT2D eigenvalue weighted by molar-refractivity contribution is 6.17. The van der Waals surface area contributed by atoms with Gasteiger partial charge in [0.1, 0.15) is 5.69 Å². The Morgan fingerprint density at radius 3 is 2.54 bits per heavy atom. The summed E-state index contributed by atoms with van der Waals surface area (Å²) >= 11 is 0. The van der Waals surface area contributed by atoms with Gasteiger partial charge in [0.2, 0.25) is 5.91 Å². The van der Waals surface area contributed by atoms with Crippen molar-refractivity contribution in [3.63, 3.8) is 0 Å². The molecule has 1 amide bonds. The second-order valence-corrected chi connectivity index (χ2v) is 6.39. The van der Waals surface area contributed by atoms with Crippen molar-refractivity contribution in [2.45, 2.75) is 19.5 Å². The van der Waals surface area contributed by atoms with Gasteiger partial charge in [-0.05, 0) is 36.8 Å². The van der Waals surface area contributed by atoms with Crippen molar-refractivity contribution in [3.05, 3.63) is 71.4 Å². The summed E-state index contributed by atoms with van der Waals surface area (Å²) in [5.74, 6) is 0.0209. The van der Waals surface area contributed by atoms with E-state index in [1.165, 1.54) is 12.1 Å². The zero-order valence-electron chi connectivity index (χ0n) is 14.8. The molecule has 1 aliphatic rings. The van der Waals surface area contributed by atoms with Gasteiger partial charge in [-0.15, -0.1) is 0 Å². The van der Waals surface area contributed by atoms with Crippen LogP contribution in [0.5, 0.6) is 0 Å². The number of carbonyl (C=O) groups excluding carboxylic acids is 1. The lowest BCUT2D eigenvalue weighted by Gasteiger charge is -2.10. The minimum absolute atomic E-state index is 0.135. The van der Waals surface area contributed by atoms with Crippen LogP contribution in [0.25, 0.3) is 5.69 Å². The van der Waals surface area contributed by atoms with E-state index in [0.29, 0.717) is 17.2 Å². The molecule has 28 heavy (non-hydrogen) atoms. The molecule has 0 fully saturated rings. The Hall–Kier alpha value is -3.42. The zero-order valence-corrected chi connectivity index (χ0v) is 14.8.